The summed E-state index contributed by atoms with van der Waals surface area (Å²) < 4.78 is 4.99. The highest BCUT2D eigenvalue weighted by Gasteiger charge is 2.22. The average Bonchev–Trinajstić information content (AvgIpc) is 2.44. The number of carbonyl (C=O) groups is 2. The summed E-state index contributed by atoms with van der Waals surface area (Å²) >= 11 is 0. The van der Waals surface area contributed by atoms with Gasteiger partial charge in [-0.1, -0.05) is 13.0 Å². The topological polar surface area (TPSA) is 66.8 Å². The lowest BCUT2D eigenvalue weighted by Crippen LogP contribution is -2.41. The molecular weight excluding hydrogens is 258 g/mol. The predicted molar refractivity (Wildman–Crippen MR) is 73.4 cm³/mol. The number of phenolic OH excluding ortho intramolecular Hbond substituents is 1. The molecule has 1 fully saturated rings. The van der Waals surface area contributed by atoms with E-state index in [-0.39, 0.29) is 23.8 Å². The maximum atomic E-state index is 11.9. The summed E-state index contributed by atoms with van der Waals surface area (Å²) in [5.41, 5.74) is 0.241. The fourth-order valence-corrected chi connectivity index (χ4v) is 2.35. The van der Waals surface area contributed by atoms with Crippen molar-refractivity contribution in [1.29, 1.82) is 0 Å². The number of ether oxygens (including phenoxy) is 1. The molecule has 0 bridgehead atoms. The zero-order valence-corrected chi connectivity index (χ0v) is 11.5. The van der Waals surface area contributed by atoms with E-state index < -0.39 is 5.97 Å². The van der Waals surface area contributed by atoms with Crippen LogP contribution in [-0.2, 0) is 9.53 Å². The quantitative estimate of drug-likeness (QED) is 0.856. The Morgan fingerprint density at radius 2 is 2.25 bits per heavy atom. The molecule has 0 spiro atoms. The van der Waals surface area contributed by atoms with E-state index in [2.05, 4.69) is 6.92 Å². The van der Waals surface area contributed by atoms with Gasteiger partial charge < -0.3 is 14.7 Å². The van der Waals surface area contributed by atoms with Gasteiger partial charge in [-0.25, -0.2) is 4.79 Å². The van der Waals surface area contributed by atoms with Crippen LogP contribution in [0.5, 0.6) is 5.75 Å². The Kier molecular flexibility index (Phi) is 4.61. The largest absolute Gasteiger partial charge is 0.508 e. The lowest BCUT2D eigenvalue weighted by molar-refractivity contribution is -0.136. The number of benzene rings is 1. The van der Waals surface area contributed by atoms with E-state index in [1.807, 2.05) is 0 Å². The van der Waals surface area contributed by atoms with Crippen LogP contribution in [-0.4, -0.2) is 41.6 Å². The highest BCUT2D eigenvalue weighted by molar-refractivity contribution is 5.91. The highest BCUT2D eigenvalue weighted by Crippen LogP contribution is 2.16. The Morgan fingerprint density at radius 1 is 1.45 bits per heavy atom. The van der Waals surface area contributed by atoms with E-state index in [1.165, 1.54) is 18.2 Å². The van der Waals surface area contributed by atoms with Gasteiger partial charge in [-0.3, -0.25) is 4.79 Å². The fourth-order valence-electron chi connectivity index (χ4n) is 2.35. The third kappa shape index (κ3) is 3.73. The number of rotatable bonds is 3. The SMILES string of the molecule is C[C@H]1CCCN(C(=O)COC(=O)c2cccc(O)c2)C1. The molecule has 1 aromatic carbocycles. The van der Waals surface area contributed by atoms with Crippen molar-refractivity contribution in [3.05, 3.63) is 29.8 Å². The van der Waals surface area contributed by atoms with Crippen molar-refractivity contribution in [3.63, 3.8) is 0 Å². The molecule has 1 aromatic rings. The summed E-state index contributed by atoms with van der Waals surface area (Å²) in [5, 5.41) is 9.29. The minimum Gasteiger partial charge on any atom is -0.508 e. The molecule has 5 nitrogen and oxygen atoms in total. The van der Waals surface area contributed by atoms with Crippen LogP contribution in [0, 0.1) is 5.92 Å². The average molecular weight is 277 g/mol. The van der Waals surface area contributed by atoms with Crippen LogP contribution in [0.25, 0.3) is 0 Å². The highest BCUT2D eigenvalue weighted by atomic mass is 16.5. The third-order valence-corrected chi connectivity index (χ3v) is 3.42. The van der Waals surface area contributed by atoms with Crippen LogP contribution >= 0.6 is 0 Å². The van der Waals surface area contributed by atoms with Crippen LogP contribution in [0.2, 0.25) is 0 Å². The van der Waals surface area contributed by atoms with E-state index in [1.54, 1.807) is 11.0 Å². The van der Waals surface area contributed by atoms with Gasteiger partial charge >= 0.3 is 5.97 Å². The fraction of sp³-hybridized carbons (Fsp3) is 0.467. The third-order valence-electron chi connectivity index (χ3n) is 3.42. The lowest BCUT2D eigenvalue weighted by atomic mass is 10.0. The Labute approximate surface area is 118 Å². The van der Waals surface area contributed by atoms with Gasteiger partial charge in [-0.05, 0) is 37.0 Å². The zero-order chi connectivity index (χ0) is 14.5. The molecule has 1 N–H and O–H groups in total. The molecule has 0 unspecified atom stereocenters. The van der Waals surface area contributed by atoms with Crippen LogP contribution in [0.4, 0.5) is 0 Å². The van der Waals surface area contributed by atoms with E-state index >= 15 is 0 Å². The Balaban J connectivity index is 1.85. The van der Waals surface area contributed by atoms with Crippen LogP contribution in [0.1, 0.15) is 30.1 Å². The Bertz CT molecular complexity index is 500. The van der Waals surface area contributed by atoms with Gasteiger partial charge in [0.2, 0.25) is 0 Å². The molecule has 2 rings (SSSR count). The standard InChI is InChI=1S/C15H19NO4/c1-11-4-3-7-16(9-11)14(18)10-20-15(19)12-5-2-6-13(17)8-12/h2,5-6,8,11,17H,3-4,7,9-10H2,1H3/t11-/m0/s1. The molecule has 5 heteroatoms. The van der Waals surface area contributed by atoms with Gasteiger partial charge in [0.25, 0.3) is 5.91 Å². The molecule has 1 heterocycles. The number of phenols is 1. The second-order valence-electron chi connectivity index (χ2n) is 5.21. The van der Waals surface area contributed by atoms with Gasteiger partial charge in [0, 0.05) is 13.1 Å². The monoisotopic (exact) mass is 277 g/mol. The van der Waals surface area contributed by atoms with Crippen LogP contribution < -0.4 is 0 Å². The number of carbonyl (C=O) groups excluding carboxylic acids is 2. The molecule has 108 valence electrons. The molecule has 0 aliphatic carbocycles. The summed E-state index contributed by atoms with van der Waals surface area (Å²) in [5.74, 6) is -0.269. The second-order valence-corrected chi connectivity index (χ2v) is 5.21. The molecule has 20 heavy (non-hydrogen) atoms. The zero-order valence-electron chi connectivity index (χ0n) is 11.5. The Hall–Kier alpha value is -2.04. The first kappa shape index (κ1) is 14.4. The molecule has 1 saturated heterocycles. The van der Waals surface area contributed by atoms with E-state index in [0.717, 1.165) is 25.9 Å². The van der Waals surface area contributed by atoms with Crippen molar-refractivity contribution in [2.24, 2.45) is 5.92 Å². The van der Waals surface area contributed by atoms with Crippen LogP contribution in [0.3, 0.4) is 0 Å². The lowest BCUT2D eigenvalue weighted by Gasteiger charge is -2.30. The molecule has 0 radical (unpaired) electrons. The first-order valence-electron chi connectivity index (χ1n) is 6.80. The van der Waals surface area contributed by atoms with Gasteiger partial charge in [0.05, 0.1) is 5.56 Å². The van der Waals surface area contributed by atoms with Crippen molar-refractivity contribution in [3.8, 4) is 5.75 Å². The molecule has 1 atom stereocenters. The number of esters is 1. The summed E-state index contributed by atoms with van der Waals surface area (Å²) in [6, 6.07) is 5.88. The molecule has 1 aliphatic heterocycles. The minimum atomic E-state index is -0.598. The molecule has 1 aliphatic rings. The summed E-state index contributed by atoms with van der Waals surface area (Å²) in [6.45, 7) is 3.31. The number of amides is 1. The Morgan fingerprint density at radius 3 is 2.95 bits per heavy atom. The number of aromatic hydroxyl groups is 1. The summed E-state index contributed by atoms with van der Waals surface area (Å²) in [6.07, 6.45) is 2.13. The number of likely N-dealkylation sites (tertiary alicyclic amines) is 1. The molecule has 1 amide bonds. The number of piperidine rings is 1. The summed E-state index contributed by atoms with van der Waals surface area (Å²) in [4.78, 5) is 25.4. The van der Waals surface area contributed by atoms with E-state index in [4.69, 9.17) is 4.74 Å². The normalized spacial score (nSPS) is 18.6. The first-order chi connectivity index (χ1) is 9.56. The van der Waals surface area contributed by atoms with E-state index in [9.17, 15) is 14.7 Å². The van der Waals surface area contributed by atoms with Crippen molar-refractivity contribution in [1.82, 2.24) is 4.90 Å². The van der Waals surface area contributed by atoms with Gasteiger partial charge in [-0.2, -0.15) is 0 Å². The number of nitrogens with zero attached hydrogens (tertiary/aromatic N) is 1. The minimum absolute atomic E-state index is 0.00404. The predicted octanol–water partition coefficient (Wildman–Crippen LogP) is 1.81. The number of hydrogen-bond donors (Lipinski definition) is 1. The smallest absolute Gasteiger partial charge is 0.338 e. The van der Waals surface area contributed by atoms with Crippen LogP contribution in [0.15, 0.2) is 24.3 Å². The second kappa shape index (κ2) is 6.41. The van der Waals surface area contributed by atoms with Crippen molar-refractivity contribution in [2.45, 2.75) is 19.8 Å². The van der Waals surface area contributed by atoms with Crippen molar-refractivity contribution >= 4 is 11.9 Å². The molecular formula is C15H19NO4. The maximum absolute atomic E-state index is 11.9. The van der Waals surface area contributed by atoms with Gasteiger partial charge in [0.15, 0.2) is 6.61 Å². The van der Waals surface area contributed by atoms with E-state index in [0.29, 0.717) is 5.92 Å². The molecule has 0 saturated carbocycles. The van der Waals surface area contributed by atoms with Gasteiger partial charge in [0.1, 0.15) is 5.75 Å². The van der Waals surface area contributed by atoms with Crippen molar-refractivity contribution in [2.75, 3.05) is 19.7 Å². The van der Waals surface area contributed by atoms with Crippen molar-refractivity contribution < 1.29 is 19.4 Å². The molecule has 0 aromatic heterocycles. The number of hydrogen-bond acceptors (Lipinski definition) is 4. The van der Waals surface area contributed by atoms with Gasteiger partial charge in [-0.15, -0.1) is 0 Å². The maximum Gasteiger partial charge on any atom is 0.338 e. The summed E-state index contributed by atoms with van der Waals surface area (Å²) in [7, 11) is 0. The first-order valence-corrected chi connectivity index (χ1v) is 6.80.